The van der Waals surface area contributed by atoms with Crippen LogP contribution in [0.4, 0.5) is 4.39 Å². The molecule has 1 heterocycles. The highest BCUT2D eigenvalue weighted by Crippen LogP contribution is 2.24. The van der Waals surface area contributed by atoms with Gasteiger partial charge in [-0.3, -0.25) is 0 Å². The van der Waals surface area contributed by atoms with E-state index in [2.05, 4.69) is 4.99 Å². The SMILES string of the molecule is O=C(O)C1=NC(c2ccccc2F)CO1. The summed E-state index contributed by atoms with van der Waals surface area (Å²) in [5.41, 5.74) is 0.355. The number of nitrogens with zero attached hydrogens (tertiary/aromatic N) is 1. The first-order valence-corrected chi connectivity index (χ1v) is 4.37. The highest BCUT2D eigenvalue weighted by Gasteiger charge is 2.26. The van der Waals surface area contributed by atoms with E-state index in [0.29, 0.717) is 5.56 Å². The quantitative estimate of drug-likeness (QED) is 0.800. The van der Waals surface area contributed by atoms with E-state index in [0.717, 1.165) is 0 Å². The Hall–Kier alpha value is -1.91. The van der Waals surface area contributed by atoms with Gasteiger partial charge in [-0.25, -0.2) is 14.2 Å². The molecule has 4 nitrogen and oxygen atoms in total. The Morgan fingerprint density at radius 2 is 2.27 bits per heavy atom. The molecule has 15 heavy (non-hydrogen) atoms. The van der Waals surface area contributed by atoms with Crippen molar-refractivity contribution >= 4 is 11.9 Å². The van der Waals surface area contributed by atoms with Gasteiger partial charge in [0.2, 0.25) is 0 Å². The van der Waals surface area contributed by atoms with Gasteiger partial charge in [0.1, 0.15) is 18.5 Å². The van der Waals surface area contributed by atoms with Gasteiger partial charge in [0, 0.05) is 5.56 Å². The lowest BCUT2D eigenvalue weighted by molar-refractivity contribution is -0.130. The van der Waals surface area contributed by atoms with Crippen LogP contribution in [0.3, 0.4) is 0 Å². The lowest BCUT2D eigenvalue weighted by atomic mass is 10.1. The van der Waals surface area contributed by atoms with Crippen LogP contribution in [0.1, 0.15) is 11.6 Å². The molecule has 0 radical (unpaired) electrons. The van der Waals surface area contributed by atoms with E-state index in [4.69, 9.17) is 9.84 Å². The van der Waals surface area contributed by atoms with Crippen LogP contribution in [0.5, 0.6) is 0 Å². The maximum absolute atomic E-state index is 13.3. The minimum Gasteiger partial charge on any atom is -0.474 e. The maximum Gasteiger partial charge on any atom is 0.391 e. The summed E-state index contributed by atoms with van der Waals surface area (Å²) in [6, 6.07) is 5.56. The van der Waals surface area contributed by atoms with Crippen LogP contribution in [-0.2, 0) is 9.53 Å². The molecule has 0 saturated heterocycles. The summed E-state index contributed by atoms with van der Waals surface area (Å²) >= 11 is 0. The van der Waals surface area contributed by atoms with E-state index in [-0.39, 0.29) is 12.5 Å². The third-order valence-electron chi connectivity index (χ3n) is 2.10. The molecular weight excluding hydrogens is 201 g/mol. The highest BCUT2D eigenvalue weighted by molar-refractivity contribution is 6.32. The van der Waals surface area contributed by atoms with Gasteiger partial charge < -0.3 is 9.84 Å². The zero-order chi connectivity index (χ0) is 10.8. The fourth-order valence-electron chi connectivity index (χ4n) is 1.40. The van der Waals surface area contributed by atoms with Crippen molar-refractivity contribution in [3.05, 3.63) is 35.6 Å². The molecule has 1 atom stereocenters. The van der Waals surface area contributed by atoms with E-state index in [1.807, 2.05) is 0 Å². The molecule has 1 aliphatic heterocycles. The Labute approximate surface area is 85.0 Å². The normalized spacial score (nSPS) is 19.5. The van der Waals surface area contributed by atoms with Crippen LogP contribution < -0.4 is 0 Å². The molecule has 0 aromatic heterocycles. The van der Waals surface area contributed by atoms with E-state index < -0.39 is 17.8 Å². The zero-order valence-corrected chi connectivity index (χ0v) is 7.68. The highest BCUT2D eigenvalue weighted by atomic mass is 19.1. The number of hydrogen-bond acceptors (Lipinski definition) is 3. The van der Waals surface area contributed by atoms with Crippen LogP contribution in [0, 0.1) is 5.82 Å². The van der Waals surface area contributed by atoms with Crippen LogP contribution in [0.15, 0.2) is 29.3 Å². The topological polar surface area (TPSA) is 58.9 Å². The summed E-state index contributed by atoms with van der Waals surface area (Å²) in [6.45, 7) is 0.0720. The maximum atomic E-state index is 13.3. The zero-order valence-electron chi connectivity index (χ0n) is 7.68. The lowest BCUT2D eigenvalue weighted by Crippen LogP contribution is -2.12. The number of aliphatic imine (C=N–C) groups is 1. The van der Waals surface area contributed by atoms with Gasteiger partial charge in [-0.2, -0.15) is 0 Å². The average molecular weight is 209 g/mol. The number of carboxylic acid groups (broad SMARTS) is 1. The Kier molecular flexibility index (Phi) is 2.37. The van der Waals surface area contributed by atoms with Crippen molar-refractivity contribution in [2.45, 2.75) is 6.04 Å². The number of carboxylic acids is 1. The molecule has 2 rings (SSSR count). The molecule has 0 saturated carbocycles. The Bertz CT molecular complexity index is 430. The van der Waals surface area contributed by atoms with Gasteiger partial charge >= 0.3 is 5.97 Å². The second-order valence-electron chi connectivity index (χ2n) is 3.09. The molecule has 1 N–H and O–H groups in total. The van der Waals surface area contributed by atoms with E-state index in [1.54, 1.807) is 18.2 Å². The first-order valence-electron chi connectivity index (χ1n) is 4.37. The van der Waals surface area contributed by atoms with Gasteiger partial charge in [0.25, 0.3) is 5.90 Å². The molecular formula is C10H8FNO3. The first kappa shape index (κ1) is 9.64. The molecule has 78 valence electrons. The van der Waals surface area contributed by atoms with Gasteiger partial charge in [-0.15, -0.1) is 0 Å². The van der Waals surface area contributed by atoms with Gasteiger partial charge in [0.15, 0.2) is 0 Å². The van der Waals surface area contributed by atoms with Crippen LogP contribution in [-0.4, -0.2) is 23.6 Å². The number of hydrogen-bond donors (Lipinski definition) is 1. The van der Waals surface area contributed by atoms with Crippen molar-refractivity contribution in [3.8, 4) is 0 Å². The second kappa shape index (κ2) is 3.68. The van der Waals surface area contributed by atoms with Crippen molar-refractivity contribution in [1.29, 1.82) is 0 Å². The van der Waals surface area contributed by atoms with E-state index >= 15 is 0 Å². The molecule has 0 spiro atoms. The number of carbonyl (C=O) groups is 1. The Morgan fingerprint density at radius 3 is 2.87 bits per heavy atom. The van der Waals surface area contributed by atoms with Crippen molar-refractivity contribution in [3.63, 3.8) is 0 Å². The summed E-state index contributed by atoms with van der Waals surface area (Å²) in [5.74, 6) is -1.99. The van der Waals surface area contributed by atoms with Crippen molar-refractivity contribution in [1.82, 2.24) is 0 Å². The van der Waals surface area contributed by atoms with Gasteiger partial charge in [0.05, 0.1) is 0 Å². The second-order valence-corrected chi connectivity index (χ2v) is 3.09. The summed E-state index contributed by atoms with van der Waals surface area (Å²) < 4.78 is 18.1. The number of aliphatic carboxylic acids is 1. The molecule has 1 aromatic carbocycles. The molecule has 1 unspecified atom stereocenters. The third-order valence-corrected chi connectivity index (χ3v) is 2.10. The summed E-state index contributed by atoms with van der Waals surface area (Å²) in [7, 11) is 0. The van der Waals surface area contributed by atoms with E-state index in [1.165, 1.54) is 6.07 Å². The molecule has 0 amide bonds. The number of rotatable bonds is 2. The monoisotopic (exact) mass is 209 g/mol. The standard InChI is InChI=1S/C10H8FNO3/c11-7-4-2-1-3-6(7)8-5-15-9(12-8)10(13)14/h1-4,8H,5H2,(H,13,14). The van der Waals surface area contributed by atoms with Crippen LogP contribution >= 0.6 is 0 Å². The van der Waals surface area contributed by atoms with Gasteiger partial charge in [-0.05, 0) is 6.07 Å². The predicted molar refractivity (Wildman–Crippen MR) is 50.2 cm³/mol. The minimum atomic E-state index is -1.23. The summed E-state index contributed by atoms with van der Waals surface area (Å²) in [5, 5.41) is 8.60. The number of ether oxygens (including phenoxy) is 1. The molecule has 0 fully saturated rings. The fraction of sp³-hybridized carbons (Fsp3) is 0.200. The minimum absolute atomic E-state index is 0.0720. The van der Waals surface area contributed by atoms with Crippen molar-refractivity contribution in [2.75, 3.05) is 6.61 Å². The smallest absolute Gasteiger partial charge is 0.391 e. The van der Waals surface area contributed by atoms with Gasteiger partial charge in [-0.1, -0.05) is 18.2 Å². The molecule has 1 aromatic rings. The van der Waals surface area contributed by atoms with Crippen LogP contribution in [0.25, 0.3) is 0 Å². The Balaban J connectivity index is 2.28. The van der Waals surface area contributed by atoms with E-state index in [9.17, 15) is 9.18 Å². The Morgan fingerprint density at radius 1 is 1.53 bits per heavy atom. The lowest BCUT2D eigenvalue weighted by Gasteiger charge is -2.05. The molecule has 0 bridgehead atoms. The van der Waals surface area contributed by atoms with Crippen molar-refractivity contribution in [2.24, 2.45) is 4.99 Å². The molecule has 5 heteroatoms. The summed E-state index contributed by atoms with van der Waals surface area (Å²) in [6.07, 6.45) is 0. The number of benzene rings is 1. The average Bonchev–Trinajstić information content (AvgIpc) is 2.67. The third kappa shape index (κ3) is 1.81. The fourth-order valence-corrected chi connectivity index (χ4v) is 1.40. The predicted octanol–water partition coefficient (Wildman–Crippen LogP) is 1.38. The van der Waals surface area contributed by atoms with Crippen LogP contribution in [0.2, 0.25) is 0 Å². The molecule has 1 aliphatic rings. The first-order chi connectivity index (χ1) is 7.18. The largest absolute Gasteiger partial charge is 0.474 e. The van der Waals surface area contributed by atoms with Crippen molar-refractivity contribution < 1.29 is 19.0 Å². The summed E-state index contributed by atoms with van der Waals surface area (Å²) in [4.78, 5) is 14.3. The molecule has 0 aliphatic carbocycles. The number of halogens is 1.